The highest BCUT2D eigenvalue weighted by Gasteiger charge is 2.36. The largest absolute Gasteiger partial charge is 0.489 e. The molecule has 212 valence electrons. The Labute approximate surface area is 230 Å². The number of Topliss-reactive ketones (excluding diaryl/α,β-unsaturated/α-hetero) is 1. The number of ketones is 1. The van der Waals surface area contributed by atoms with Gasteiger partial charge in [-0.1, -0.05) is 19.8 Å². The van der Waals surface area contributed by atoms with Crippen molar-refractivity contribution in [2.45, 2.75) is 85.4 Å². The standard InChI is InChI=1S/C31H41FN2O5/c1-17-8-10-20(11-9-17)16-22(35)27-18(2)24(21-12-13-23-28(26(21)32)33-14-15-38-23)25(19(3)34-27)29(30(36)37-7)39-31(4,5)6/h12-13,17,20,29,33H,8-11,14-16H2,1-7H3/t17?,20?,29-/m0/s1. The topological polar surface area (TPSA) is 86.8 Å². The molecule has 1 saturated carbocycles. The number of rotatable bonds is 7. The number of hydrogen-bond donors (Lipinski definition) is 1. The predicted octanol–water partition coefficient (Wildman–Crippen LogP) is 6.74. The highest BCUT2D eigenvalue weighted by atomic mass is 19.1. The number of aromatic nitrogens is 1. The maximum absolute atomic E-state index is 16.2. The van der Waals surface area contributed by atoms with Crippen LogP contribution in [0.1, 0.15) is 93.2 Å². The maximum atomic E-state index is 16.2. The van der Waals surface area contributed by atoms with Gasteiger partial charge in [0.25, 0.3) is 0 Å². The lowest BCUT2D eigenvalue weighted by molar-refractivity contribution is -0.164. The van der Waals surface area contributed by atoms with Crippen LogP contribution in [0.15, 0.2) is 12.1 Å². The Morgan fingerprint density at radius 1 is 1.18 bits per heavy atom. The van der Waals surface area contributed by atoms with Gasteiger partial charge in [0, 0.05) is 29.8 Å². The fourth-order valence-electron chi connectivity index (χ4n) is 5.70. The molecule has 1 N–H and O–H groups in total. The van der Waals surface area contributed by atoms with Gasteiger partial charge in [0.15, 0.2) is 17.7 Å². The van der Waals surface area contributed by atoms with Crippen LogP contribution in [0.25, 0.3) is 11.1 Å². The summed E-state index contributed by atoms with van der Waals surface area (Å²) >= 11 is 0. The first-order chi connectivity index (χ1) is 18.4. The van der Waals surface area contributed by atoms with Gasteiger partial charge in [-0.15, -0.1) is 0 Å². The van der Waals surface area contributed by atoms with Crippen molar-refractivity contribution in [3.63, 3.8) is 0 Å². The molecule has 1 aliphatic carbocycles. The predicted molar refractivity (Wildman–Crippen MR) is 149 cm³/mol. The number of carbonyl (C=O) groups excluding carboxylic acids is 2. The highest BCUT2D eigenvalue weighted by molar-refractivity contribution is 5.98. The van der Waals surface area contributed by atoms with E-state index in [1.807, 2.05) is 20.8 Å². The minimum atomic E-state index is -1.17. The number of esters is 1. The average Bonchev–Trinajstić information content (AvgIpc) is 2.89. The summed E-state index contributed by atoms with van der Waals surface area (Å²) in [6.45, 7) is 12.2. The Hall–Kier alpha value is -3.00. The summed E-state index contributed by atoms with van der Waals surface area (Å²) in [5.74, 6) is 0.228. The highest BCUT2D eigenvalue weighted by Crippen LogP contribution is 2.43. The third kappa shape index (κ3) is 6.26. The van der Waals surface area contributed by atoms with Gasteiger partial charge < -0.3 is 19.5 Å². The number of pyridine rings is 1. The summed E-state index contributed by atoms with van der Waals surface area (Å²) in [5, 5.41) is 3.09. The number of anilines is 1. The molecule has 2 aliphatic rings. The van der Waals surface area contributed by atoms with Crippen molar-refractivity contribution in [2.24, 2.45) is 11.8 Å². The first kappa shape index (κ1) is 29.0. The van der Waals surface area contributed by atoms with E-state index in [-0.39, 0.29) is 17.0 Å². The van der Waals surface area contributed by atoms with Crippen molar-refractivity contribution >= 4 is 17.4 Å². The zero-order valence-electron chi connectivity index (χ0n) is 24.2. The minimum Gasteiger partial charge on any atom is -0.489 e. The Bertz CT molecular complexity index is 1240. The Morgan fingerprint density at radius 3 is 2.51 bits per heavy atom. The van der Waals surface area contributed by atoms with E-state index >= 15 is 4.39 Å². The molecule has 1 fully saturated rings. The van der Waals surface area contributed by atoms with Gasteiger partial charge in [-0.25, -0.2) is 14.2 Å². The number of carbonyl (C=O) groups is 2. The lowest BCUT2D eigenvalue weighted by atomic mass is 9.80. The second-order valence-corrected chi connectivity index (χ2v) is 11.9. The SMILES string of the molecule is COC(=O)[C@@H](OC(C)(C)C)c1c(C)nc(C(=O)CC2CCC(C)CC2)c(C)c1-c1ccc2c(c1F)NCCO2. The third-order valence-corrected chi connectivity index (χ3v) is 7.73. The van der Waals surface area contributed by atoms with Crippen molar-refractivity contribution in [1.29, 1.82) is 0 Å². The van der Waals surface area contributed by atoms with Gasteiger partial charge in [-0.05, 0) is 82.6 Å². The van der Waals surface area contributed by atoms with Crippen LogP contribution >= 0.6 is 0 Å². The molecule has 0 amide bonds. The van der Waals surface area contributed by atoms with Crippen molar-refractivity contribution in [1.82, 2.24) is 4.98 Å². The van der Waals surface area contributed by atoms with E-state index < -0.39 is 23.5 Å². The van der Waals surface area contributed by atoms with E-state index in [1.165, 1.54) is 7.11 Å². The van der Waals surface area contributed by atoms with Crippen molar-refractivity contribution in [3.05, 3.63) is 40.5 Å². The molecular formula is C31H41FN2O5. The first-order valence-electron chi connectivity index (χ1n) is 13.9. The quantitative estimate of drug-likeness (QED) is 0.307. The lowest BCUT2D eigenvalue weighted by Gasteiger charge is -2.30. The second-order valence-electron chi connectivity index (χ2n) is 11.9. The molecule has 0 bridgehead atoms. The molecular weight excluding hydrogens is 499 g/mol. The number of nitrogens with one attached hydrogen (secondary N) is 1. The van der Waals surface area contributed by atoms with Crippen LogP contribution in [-0.2, 0) is 14.3 Å². The summed E-state index contributed by atoms with van der Waals surface area (Å²) in [5.41, 5.74) is 1.87. The van der Waals surface area contributed by atoms with Gasteiger partial charge in [-0.2, -0.15) is 0 Å². The number of halogens is 1. The second kappa shape index (κ2) is 11.6. The van der Waals surface area contributed by atoms with E-state index in [0.29, 0.717) is 65.2 Å². The van der Waals surface area contributed by atoms with Crippen molar-refractivity contribution in [2.75, 3.05) is 25.6 Å². The average molecular weight is 541 g/mol. The summed E-state index contributed by atoms with van der Waals surface area (Å²) in [7, 11) is 1.29. The molecule has 0 spiro atoms. The first-order valence-corrected chi connectivity index (χ1v) is 13.9. The summed E-state index contributed by atoms with van der Waals surface area (Å²) in [6, 6.07) is 3.34. The summed E-state index contributed by atoms with van der Waals surface area (Å²) < 4.78 is 33.1. The molecule has 0 saturated heterocycles. The Morgan fingerprint density at radius 2 is 1.87 bits per heavy atom. The smallest absolute Gasteiger partial charge is 0.339 e. The van der Waals surface area contributed by atoms with Gasteiger partial charge in [0.1, 0.15) is 23.7 Å². The van der Waals surface area contributed by atoms with Gasteiger partial charge in [0.2, 0.25) is 0 Å². The van der Waals surface area contributed by atoms with Crippen LogP contribution < -0.4 is 10.1 Å². The number of fused-ring (bicyclic) bond motifs is 1. The van der Waals surface area contributed by atoms with Crippen LogP contribution in [0.3, 0.4) is 0 Å². The third-order valence-electron chi connectivity index (χ3n) is 7.73. The number of nitrogens with zero attached hydrogens (tertiary/aromatic N) is 1. The molecule has 1 aromatic heterocycles. The Kier molecular flexibility index (Phi) is 8.64. The van der Waals surface area contributed by atoms with Crippen molar-refractivity contribution < 1.29 is 28.2 Å². The fourth-order valence-corrected chi connectivity index (χ4v) is 5.70. The lowest BCUT2D eigenvalue weighted by Crippen LogP contribution is -2.30. The molecule has 39 heavy (non-hydrogen) atoms. The van der Waals surface area contributed by atoms with Gasteiger partial charge in [-0.3, -0.25) is 4.79 Å². The van der Waals surface area contributed by atoms with E-state index in [9.17, 15) is 9.59 Å². The van der Waals surface area contributed by atoms with E-state index in [4.69, 9.17) is 19.2 Å². The fraction of sp³-hybridized carbons (Fsp3) is 0.581. The van der Waals surface area contributed by atoms with Gasteiger partial charge >= 0.3 is 5.97 Å². The van der Waals surface area contributed by atoms with Crippen LogP contribution in [0.4, 0.5) is 10.1 Å². The van der Waals surface area contributed by atoms with Crippen molar-refractivity contribution in [3.8, 4) is 16.9 Å². The van der Waals surface area contributed by atoms with E-state index in [1.54, 1.807) is 26.0 Å². The van der Waals surface area contributed by atoms with E-state index in [0.717, 1.165) is 25.7 Å². The number of methoxy groups -OCH3 is 1. The maximum Gasteiger partial charge on any atom is 0.339 e. The Balaban J connectivity index is 1.90. The molecule has 0 radical (unpaired) electrons. The summed E-state index contributed by atoms with van der Waals surface area (Å²) in [4.78, 5) is 31.5. The zero-order valence-corrected chi connectivity index (χ0v) is 24.2. The number of benzene rings is 1. The molecule has 2 heterocycles. The van der Waals surface area contributed by atoms with Crippen LogP contribution in [0.2, 0.25) is 0 Å². The molecule has 1 aromatic carbocycles. The number of hydrogen-bond acceptors (Lipinski definition) is 7. The normalized spacial score (nSPS) is 19.9. The summed E-state index contributed by atoms with van der Waals surface area (Å²) in [6.07, 6.45) is 3.51. The molecule has 7 nitrogen and oxygen atoms in total. The molecule has 8 heteroatoms. The van der Waals surface area contributed by atoms with Crippen LogP contribution in [0.5, 0.6) is 5.75 Å². The molecule has 0 unspecified atom stereocenters. The van der Waals surface area contributed by atoms with Gasteiger partial charge in [0.05, 0.1) is 12.7 Å². The van der Waals surface area contributed by atoms with Crippen LogP contribution in [-0.4, -0.2) is 42.6 Å². The monoisotopic (exact) mass is 540 g/mol. The molecule has 2 aromatic rings. The number of aryl methyl sites for hydroxylation is 1. The molecule has 1 atom stereocenters. The van der Waals surface area contributed by atoms with E-state index in [2.05, 4.69) is 12.2 Å². The molecule has 4 rings (SSSR count). The molecule has 1 aliphatic heterocycles. The minimum absolute atomic E-state index is 0.0610. The number of ether oxygens (including phenoxy) is 3. The zero-order chi connectivity index (χ0) is 28.5. The van der Waals surface area contributed by atoms with Crippen LogP contribution in [0, 0.1) is 31.5 Å².